The zero-order valence-electron chi connectivity index (χ0n) is 17.4. The van der Waals surface area contributed by atoms with E-state index in [2.05, 4.69) is 26.0 Å². The predicted molar refractivity (Wildman–Crippen MR) is 119 cm³/mol. The van der Waals surface area contributed by atoms with E-state index in [1.807, 2.05) is 17.2 Å². The zero-order valence-corrected chi connectivity index (χ0v) is 17.4. The largest absolute Gasteiger partial charge is 0.346 e. The van der Waals surface area contributed by atoms with Crippen molar-refractivity contribution < 1.29 is 4.79 Å². The summed E-state index contributed by atoms with van der Waals surface area (Å²) in [5.41, 5.74) is 1.92. The second-order valence-electron chi connectivity index (χ2n) is 8.67. The number of nitrogens with one attached hydrogen (secondary N) is 2. The fourth-order valence-electron chi connectivity index (χ4n) is 4.82. The molecule has 0 unspecified atom stereocenters. The summed E-state index contributed by atoms with van der Waals surface area (Å²) < 4.78 is 1.53. The maximum atomic E-state index is 13.1. The van der Waals surface area contributed by atoms with Crippen LogP contribution in [-0.4, -0.2) is 48.4 Å². The Bertz CT molecular complexity index is 1470. The van der Waals surface area contributed by atoms with Gasteiger partial charge in [0.25, 0.3) is 11.5 Å². The molecule has 2 N–H and O–H groups in total. The summed E-state index contributed by atoms with van der Waals surface area (Å²) in [5, 5.41) is 1.42. The third-order valence-electron chi connectivity index (χ3n) is 6.64. The van der Waals surface area contributed by atoms with E-state index in [-0.39, 0.29) is 17.3 Å². The molecule has 5 heterocycles. The Morgan fingerprint density at radius 1 is 1.06 bits per heavy atom. The number of aromatic amines is 2. The number of piperidine rings is 1. The van der Waals surface area contributed by atoms with Crippen LogP contribution in [-0.2, 0) is 0 Å². The molecule has 1 aliphatic carbocycles. The second kappa shape index (κ2) is 7.15. The highest BCUT2D eigenvalue weighted by Crippen LogP contribution is 2.35. The molecule has 0 aromatic carbocycles. The van der Waals surface area contributed by atoms with Gasteiger partial charge in [0.05, 0.1) is 10.9 Å². The van der Waals surface area contributed by atoms with Gasteiger partial charge in [0.15, 0.2) is 0 Å². The first-order valence-electron chi connectivity index (χ1n) is 11.0. The summed E-state index contributed by atoms with van der Waals surface area (Å²) >= 11 is 0. The molecule has 0 bridgehead atoms. The molecule has 4 aromatic heterocycles. The van der Waals surface area contributed by atoms with Crippen molar-refractivity contribution in [2.75, 3.05) is 13.1 Å². The van der Waals surface area contributed by atoms with Crippen molar-refractivity contribution in [3.63, 3.8) is 0 Å². The highest BCUT2D eigenvalue weighted by molar-refractivity contribution is 5.96. The van der Waals surface area contributed by atoms with Gasteiger partial charge in [-0.15, -0.1) is 0 Å². The summed E-state index contributed by atoms with van der Waals surface area (Å²) in [6.45, 7) is 1.26. The lowest BCUT2D eigenvalue weighted by Crippen LogP contribution is -2.38. The lowest BCUT2D eigenvalue weighted by atomic mass is 9.89. The highest BCUT2D eigenvalue weighted by atomic mass is 16.2. The highest BCUT2D eigenvalue weighted by Gasteiger charge is 2.29. The first-order valence-corrected chi connectivity index (χ1v) is 11.0. The number of rotatable bonds is 3. The van der Waals surface area contributed by atoms with Crippen LogP contribution in [0.1, 0.15) is 53.6 Å². The molecule has 6 rings (SSSR count). The number of hydrogen-bond acceptors (Lipinski definition) is 5. The van der Waals surface area contributed by atoms with Crippen molar-refractivity contribution in [1.29, 1.82) is 0 Å². The summed E-state index contributed by atoms with van der Waals surface area (Å²) in [5.74, 6) is 0.226. The molecule has 2 aliphatic rings. The number of likely N-dealkylation sites (tertiary alicyclic amines) is 1. The van der Waals surface area contributed by atoms with Crippen LogP contribution in [0.15, 0.2) is 46.4 Å². The Morgan fingerprint density at radius 2 is 1.88 bits per heavy atom. The number of pyridine rings is 2. The minimum atomic E-state index is -0.504. The van der Waals surface area contributed by atoms with E-state index in [0.717, 1.165) is 36.7 Å². The first-order chi connectivity index (χ1) is 15.6. The molecule has 162 valence electrons. The van der Waals surface area contributed by atoms with Crippen LogP contribution < -0.4 is 11.2 Å². The van der Waals surface area contributed by atoms with E-state index in [4.69, 9.17) is 0 Å². The average molecular weight is 430 g/mol. The van der Waals surface area contributed by atoms with E-state index in [0.29, 0.717) is 30.2 Å². The average Bonchev–Trinajstić information content (AvgIpc) is 3.56. The molecule has 0 spiro atoms. The van der Waals surface area contributed by atoms with Crippen LogP contribution in [0, 0.1) is 0 Å². The van der Waals surface area contributed by atoms with E-state index in [1.54, 1.807) is 12.3 Å². The van der Waals surface area contributed by atoms with Gasteiger partial charge in [-0.05, 0) is 55.4 Å². The van der Waals surface area contributed by atoms with Crippen LogP contribution in [0.2, 0.25) is 0 Å². The smallest absolute Gasteiger partial charge is 0.330 e. The fourth-order valence-corrected chi connectivity index (χ4v) is 4.82. The fraction of sp³-hybridized carbons (Fsp3) is 0.348. The molecule has 1 saturated carbocycles. The van der Waals surface area contributed by atoms with Gasteiger partial charge in [-0.25, -0.2) is 14.8 Å². The molecule has 0 radical (unpaired) electrons. The molecule has 4 aromatic rings. The SMILES string of the molecule is O=C(c1cnc2c(c1)c(=O)[nH]c(=O)n2C1CC1)N1CCC(c2c[nH]c3ncccc23)CC1. The number of aromatic nitrogens is 5. The van der Waals surface area contributed by atoms with Gasteiger partial charge in [-0.1, -0.05) is 0 Å². The van der Waals surface area contributed by atoms with Crippen LogP contribution in [0.25, 0.3) is 22.1 Å². The number of hydrogen-bond donors (Lipinski definition) is 2. The van der Waals surface area contributed by atoms with Crippen molar-refractivity contribution in [3.8, 4) is 0 Å². The Morgan fingerprint density at radius 3 is 2.66 bits per heavy atom. The molecule has 2 fully saturated rings. The van der Waals surface area contributed by atoms with Crippen molar-refractivity contribution in [2.45, 2.75) is 37.6 Å². The summed E-state index contributed by atoms with van der Waals surface area (Å²) in [4.78, 5) is 53.9. The molecule has 32 heavy (non-hydrogen) atoms. The Labute approximate surface area is 182 Å². The van der Waals surface area contributed by atoms with Crippen molar-refractivity contribution >= 4 is 28.0 Å². The Hall–Kier alpha value is -3.75. The molecule has 9 heteroatoms. The van der Waals surface area contributed by atoms with E-state index >= 15 is 0 Å². The second-order valence-corrected chi connectivity index (χ2v) is 8.67. The topological polar surface area (TPSA) is 117 Å². The summed E-state index contributed by atoms with van der Waals surface area (Å²) in [6.07, 6.45) is 8.79. The number of nitrogens with zero attached hydrogens (tertiary/aromatic N) is 4. The number of fused-ring (bicyclic) bond motifs is 2. The lowest BCUT2D eigenvalue weighted by molar-refractivity contribution is 0.0713. The number of amides is 1. The molecular weight excluding hydrogens is 408 g/mol. The van der Waals surface area contributed by atoms with Crippen molar-refractivity contribution in [3.05, 3.63) is 68.8 Å². The summed E-state index contributed by atoms with van der Waals surface area (Å²) in [7, 11) is 0. The van der Waals surface area contributed by atoms with Crippen LogP contribution in [0.5, 0.6) is 0 Å². The van der Waals surface area contributed by atoms with Gasteiger partial charge in [0, 0.05) is 43.1 Å². The lowest BCUT2D eigenvalue weighted by Gasteiger charge is -2.32. The Kier molecular flexibility index (Phi) is 4.24. The van der Waals surface area contributed by atoms with Gasteiger partial charge in [0.2, 0.25) is 0 Å². The van der Waals surface area contributed by atoms with Gasteiger partial charge in [0.1, 0.15) is 11.3 Å². The Balaban J connectivity index is 1.24. The molecule has 0 atom stereocenters. The zero-order chi connectivity index (χ0) is 21.8. The third-order valence-corrected chi connectivity index (χ3v) is 6.64. The van der Waals surface area contributed by atoms with E-state index < -0.39 is 11.2 Å². The molecular formula is C23H22N6O3. The van der Waals surface area contributed by atoms with Crippen LogP contribution in [0.4, 0.5) is 0 Å². The minimum Gasteiger partial charge on any atom is -0.346 e. The van der Waals surface area contributed by atoms with Gasteiger partial charge in [-0.3, -0.25) is 19.1 Å². The molecule has 1 amide bonds. The van der Waals surface area contributed by atoms with Gasteiger partial charge >= 0.3 is 5.69 Å². The number of carbonyl (C=O) groups excluding carboxylic acids is 1. The van der Waals surface area contributed by atoms with Crippen LogP contribution in [0.3, 0.4) is 0 Å². The normalized spacial score (nSPS) is 17.3. The maximum Gasteiger partial charge on any atom is 0.330 e. The van der Waals surface area contributed by atoms with Crippen LogP contribution >= 0.6 is 0 Å². The van der Waals surface area contributed by atoms with Crippen molar-refractivity contribution in [1.82, 2.24) is 29.4 Å². The molecule has 1 saturated heterocycles. The van der Waals surface area contributed by atoms with E-state index in [9.17, 15) is 14.4 Å². The third kappa shape index (κ3) is 3.04. The standard InChI is InChI=1S/C23H22N6O3/c30-21-17-10-14(11-26-20(17)29(15-3-4-15)23(32)27-21)22(31)28-8-5-13(6-9-28)18-12-25-19-16(18)2-1-7-24-19/h1-2,7,10-13,15H,3-6,8-9H2,(H,24,25)(H,27,30,32). The van der Waals surface area contributed by atoms with Gasteiger partial charge < -0.3 is 9.88 Å². The molecule has 9 nitrogen and oxygen atoms in total. The predicted octanol–water partition coefficient (Wildman–Crippen LogP) is 2.32. The first kappa shape index (κ1) is 19.0. The monoisotopic (exact) mass is 430 g/mol. The number of carbonyl (C=O) groups is 1. The number of H-pyrrole nitrogens is 2. The minimum absolute atomic E-state index is 0.0784. The quantitative estimate of drug-likeness (QED) is 0.517. The van der Waals surface area contributed by atoms with Gasteiger partial charge in [-0.2, -0.15) is 0 Å². The summed E-state index contributed by atoms with van der Waals surface area (Å²) in [6, 6.07) is 5.66. The van der Waals surface area contributed by atoms with Crippen molar-refractivity contribution in [2.24, 2.45) is 0 Å². The molecule has 1 aliphatic heterocycles. The van der Waals surface area contributed by atoms with E-state index in [1.165, 1.54) is 16.3 Å². The maximum absolute atomic E-state index is 13.1.